The Kier molecular flexibility index (Phi) is 7.51. The molecule has 4 aromatic rings. The van der Waals surface area contributed by atoms with E-state index in [0.29, 0.717) is 17.3 Å². The average Bonchev–Trinajstić information content (AvgIpc) is 2.84. The minimum atomic E-state index is -0.492. The molecular formula is C28H20ClIN2O2. The molecule has 0 aromatic heterocycles. The zero-order chi connectivity index (χ0) is 24.1. The Bertz CT molecular complexity index is 1450. The number of rotatable bonds is 6. The molecule has 0 spiro atoms. The predicted octanol–water partition coefficient (Wildman–Crippen LogP) is 7.53. The maximum atomic E-state index is 12.6. The van der Waals surface area contributed by atoms with E-state index in [4.69, 9.17) is 16.3 Å². The van der Waals surface area contributed by atoms with Gasteiger partial charge in [-0.05, 0) is 87.3 Å². The monoisotopic (exact) mass is 578 g/mol. The molecule has 168 valence electrons. The normalized spacial score (nSPS) is 11.2. The minimum absolute atomic E-state index is 0.00285. The van der Waals surface area contributed by atoms with Crippen LogP contribution in [0.15, 0.2) is 84.4 Å². The highest BCUT2D eigenvalue weighted by molar-refractivity contribution is 14.1. The number of fused-ring (bicyclic) bond motifs is 1. The zero-order valence-corrected chi connectivity index (χ0v) is 21.2. The lowest BCUT2D eigenvalue weighted by Gasteiger charge is -2.11. The molecule has 0 atom stereocenters. The van der Waals surface area contributed by atoms with Crippen molar-refractivity contribution in [2.75, 3.05) is 5.32 Å². The third-order valence-electron chi connectivity index (χ3n) is 5.32. The summed E-state index contributed by atoms with van der Waals surface area (Å²) in [5.41, 5.74) is 3.28. The van der Waals surface area contributed by atoms with Crippen LogP contribution in [0.4, 0.5) is 5.69 Å². The maximum absolute atomic E-state index is 12.6. The maximum Gasteiger partial charge on any atom is 0.266 e. The number of aryl methyl sites for hydroxylation is 1. The number of amides is 1. The molecule has 0 unspecified atom stereocenters. The van der Waals surface area contributed by atoms with E-state index < -0.39 is 5.91 Å². The van der Waals surface area contributed by atoms with Crippen molar-refractivity contribution in [3.05, 3.63) is 110 Å². The van der Waals surface area contributed by atoms with Gasteiger partial charge in [-0.3, -0.25) is 4.79 Å². The second-order valence-corrected chi connectivity index (χ2v) is 9.27. The van der Waals surface area contributed by atoms with Gasteiger partial charge in [-0.15, -0.1) is 0 Å². The molecule has 1 amide bonds. The van der Waals surface area contributed by atoms with Gasteiger partial charge >= 0.3 is 0 Å². The van der Waals surface area contributed by atoms with Crippen molar-refractivity contribution in [1.29, 1.82) is 5.26 Å². The molecular weight excluding hydrogens is 559 g/mol. The third-order valence-corrected chi connectivity index (χ3v) is 6.58. The lowest BCUT2D eigenvalue weighted by Crippen LogP contribution is -2.13. The summed E-state index contributed by atoms with van der Waals surface area (Å²) in [5, 5.41) is 15.1. The highest BCUT2D eigenvalue weighted by Crippen LogP contribution is 2.26. The first kappa shape index (κ1) is 23.8. The molecule has 0 heterocycles. The summed E-state index contributed by atoms with van der Waals surface area (Å²) < 4.78 is 6.96. The fraction of sp³-hybridized carbons (Fsp3) is 0.0714. The molecule has 4 nitrogen and oxygen atoms in total. The Labute approximate surface area is 217 Å². The number of hydrogen-bond donors (Lipinski definition) is 1. The number of halogens is 2. The number of carbonyl (C=O) groups is 1. The molecule has 0 saturated heterocycles. The molecule has 34 heavy (non-hydrogen) atoms. The Morgan fingerprint density at radius 3 is 2.65 bits per heavy atom. The van der Waals surface area contributed by atoms with Crippen LogP contribution in [-0.2, 0) is 11.4 Å². The van der Waals surface area contributed by atoms with Crippen molar-refractivity contribution in [2.24, 2.45) is 0 Å². The number of carbonyl (C=O) groups excluding carboxylic acids is 1. The van der Waals surface area contributed by atoms with E-state index in [1.165, 1.54) is 10.8 Å². The molecule has 0 saturated carbocycles. The van der Waals surface area contributed by atoms with Crippen LogP contribution in [0.1, 0.15) is 16.7 Å². The summed E-state index contributed by atoms with van der Waals surface area (Å²) in [6.07, 6.45) is 1.56. The van der Waals surface area contributed by atoms with Gasteiger partial charge in [0, 0.05) is 10.7 Å². The van der Waals surface area contributed by atoms with E-state index in [9.17, 15) is 10.1 Å². The molecule has 0 fully saturated rings. The zero-order valence-electron chi connectivity index (χ0n) is 18.3. The van der Waals surface area contributed by atoms with Gasteiger partial charge in [0.25, 0.3) is 5.91 Å². The average molecular weight is 579 g/mol. The van der Waals surface area contributed by atoms with E-state index in [2.05, 4.69) is 52.2 Å². The third kappa shape index (κ3) is 5.58. The summed E-state index contributed by atoms with van der Waals surface area (Å²) in [5.74, 6) is 0.247. The predicted molar refractivity (Wildman–Crippen MR) is 146 cm³/mol. The van der Waals surface area contributed by atoms with Gasteiger partial charge in [0.15, 0.2) is 0 Å². The number of hydrogen-bond acceptors (Lipinski definition) is 3. The fourth-order valence-electron chi connectivity index (χ4n) is 3.48. The van der Waals surface area contributed by atoms with E-state index in [1.54, 1.807) is 18.2 Å². The first-order valence-corrected chi connectivity index (χ1v) is 12.0. The molecule has 4 rings (SSSR count). The van der Waals surface area contributed by atoms with Crippen LogP contribution in [0, 0.1) is 21.8 Å². The SMILES string of the molecule is Cc1ccc(NC(=O)/C(C#N)=C\c2ccc(OCc3cccc4ccccc34)c(I)c2)cc1Cl. The molecule has 0 aliphatic heterocycles. The largest absolute Gasteiger partial charge is 0.488 e. The van der Waals surface area contributed by atoms with Gasteiger partial charge < -0.3 is 10.1 Å². The van der Waals surface area contributed by atoms with Crippen LogP contribution in [0.2, 0.25) is 5.02 Å². The lowest BCUT2D eigenvalue weighted by atomic mass is 10.1. The Morgan fingerprint density at radius 2 is 1.88 bits per heavy atom. The standard InChI is InChI=1S/C28H20ClIN2O2/c1-18-9-11-23(15-25(18)29)32-28(33)22(16-31)13-19-10-12-27(26(30)14-19)34-17-21-7-4-6-20-5-2-3-8-24(20)21/h2-15H,17H2,1H3,(H,32,33)/b22-13-. The van der Waals surface area contributed by atoms with Crippen molar-refractivity contribution in [3.8, 4) is 11.8 Å². The first-order chi connectivity index (χ1) is 16.4. The first-order valence-electron chi connectivity index (χ1n) is 10.5. The Balaban J connectivity index is 1.48. The number of nitrogens with one attached hydrogen (secondary N) is 1. The molecule has 4 aromatic carbocycles. The second kappa shape index (κ2) is 10.7. The highest BCUT2D eigenvalue weighted by Gasteiger charge is 2.11. The van der Waals surface area contributed by atoms with E-state index >= 15 is 0 Å². The van der Waals surface area contributed by atoms with Crippen LogP contribution in [-0.4, -0.2) is 5.91 Å². The topological polar surface area (TPSA) is 62.1 Å². The molecule has 1 N–H and O–H groups in total. The molecule has 0 aliphatic rings. The van der Waals surface area contributed by atoms with Gasteiger partial charge in [0.1, 0.15) is 24.0 Å². The van der Waals surface area contributed by atoms with E-state index in [1.807, 2.05) is 55.5 Å². The van der Waals surface area contributed by atoms with E-state index in [-0.39, 0.29) is 5.57 Å². The summed E-state index contributed by atoms with van der Waals surface area (Å²) in [4.78, 5) is 12.6. The van der Waals surface area contributed by atoms with Crippen LogP contribution in [0.5, 0.6) is 5.75 Å². The Morgan fingerprint density at radius 1 is 1.09 bits per heavy atom. The number of benzene rings is 4. The molecule has 0 radical (unpaired) electrons. The van der Waals surface area contributed by atoms with Crippen LogP contribution < -0.4 is 10.1 Å². The highest BCUT2D eigenvalue weighted by atomic mass is 127. The Hall–Kier alpha value is -3.34. The molecule has 0 bridgehead atoms. The van der Waals surface area contributed by atoms with Crippen molar-refractivity contribution < 1.29 is 9.53 Å². The van der Waals surface area contributed by atoms with Gasteiger partial charge in [-0.1, -0.05) is 66.2 Å². The summed E-state index contributed by atoms with van der Waals surface area (Å²) >= 11 is 8.32. The van der Waals surface area contributed by atoms with Crippen molar-refractivity contribution in [2.45, 2.75) is 13.5 Å². The van der Waals surface area contributed by atoms with Crippen LogP contribution in [0.3, 0.4) is 0 Å². The van der Waals surface area contributed by atoms with Gasteiger partial charge in [0.2, 0.25) is 0 Å². The van der Waals surface area contributed by atoms with Crippen molar-refractivity contribution in [1.82, 2.24) is 0 Å². The van der Waals surface area contributed by atoms with Crippen LogP contribution >= 0.6 is 34.2 Å². The quantitative estimate of drug-likeness (QED) is 0.146. The molecule has 0 aliphatic carbocycles. The van der Waals surface area contributed by atoms with E-state index in [0.717, 1.165) is 26.0 Å². The van der Waals surface area contributed by atoms with Crippen molar-refractivity contribution >= 4 is 62.6 Å². The number of nitrogens with zero attached hydrogens (tertiary/aromatic N) is 1. The molecule has 6 heteroatoms. The summed E-state index contributed by atoms with van der Waals surface area (Å²) in [6.45, 7) is 2.32. The van der Waals surface area contributed by atoms with Gasteiger partial charge in [0.05, 0.1) is 3.57 Å². The second-order valence-electron chi connectivity index (χ2n) is 7.70. The van der Waals surface area contributed by atoms with Crippen LogP contribution in [0.25, 0.3) is 16.8 Å². The summed E-state index contributed by atoms with van der Waals surface area (Å²) in [6, 6.07) is 27.1. The van der Waals surface area contributed by atoms with Crippen molar-refractivity contribution in [3.63, 3.8) is 0 Å². The minimum Gasteiger partial charge on any atom is -0.488 e. The fourth-order valence-corrected chi connectivity index (χ4v) is 4.36. The lowest BCUT2D eigenvalue weighted by molar-refractivity contribution is -0.112. The van der Waals surface area contributed by atoms with Gasteiger partial charge in [-0.2, -0.15) is 5.26 Å². The summed E-state index contributed by atoms with van der Waals surface area (Å²) in [7, 11) is 0. The number of nitriles is 1. The smallest absolute Gasteiger partial charge is 0.266 e. The number of ether oxygens (including phenoxy) is 1. The van der Waals surface area contributed by atoms with Gasteiger partial charge in [-0.25, -0.2) is 0 Å². The number of anilines is 1.